The first-order valence-corrected chi connectivity index (χ1v) is 25.2. The molecule has 0 bridgehead atoms. The van der Waals surface area contributed by atoms with Crippen LogP contribution in [0.3, 0.4) is 0 Å². The molecule has 0 spiro atoms. The molecule has 0 aromatic heterocycles. The molecule has 0 aromatic rings. The number of ether oxygens (including phenoxy) is 3. The van der Waals surface area contributed by atoms with Crippen LogP contribution in [0.25, 0.3) is 0 Å². The van der Waals surface area contributed by atoms with Crippen LogP contribution in [0.4, 0.5) is 0 Å². The maximum atomic E-state index is 5.76. The summed E-state index contributed by atoms with van der Waals surface area (Å²) in [6.07, 6.45) is 23.8. The molecule has 0 aliphatic rings. The quantitative estimate of drug-likeness (QED) is 0.0351. The van der Waals surface area contributed by atoms with E-state index in [1.165, 1.54) is 103 Å². The van der Waals surface area contributed by atoms with E-state index in [1.54, 1.807) is 0 Å². The van der Waals surface area contributed by atoms with Crippen molar-refractivity contribution in [2.24, 2.45) is 71.0 Å². The SMILES string of the molecule is CC(CCCBr)CC(C)CC(C)CC(C)CC(C)CC(C)CCCOCOCOCCCC(C)CC(C)CC(C)CC(C)CC(C)CC(C)CCCBr. The van der Waals surface area contributed by atoms with Gasteiger partial charge in [-0.15, -0.1) is 0 Å². The van der Waals surface area contributed by atoms with Crippen LogP contribution in [0.5, 0.6) is 0 Å². The third-order valence-corrected chi connectivity index (χ3v) is 13.1. The summed E-state index contributed by atoms with van der Waals surface area (Å²) in [5.74, 6) is 9.86. The van der Waals surface area contributed by atoms with Gasteiger partial charge in [-0.25, -0.2) is 0 Å². The van der Waals surface area contributed by atoms with Crippen LogP contribution >= 0.6 is 31.9 Å². The molecular weight excluding hydrogens is 784 g/mol. The van der Waals surface area contributed by atoms with Crippen molar-refractivity contribution < 1.29 is 14.2 Å². The van der Waals surface area contributed by atoms with Gasteiger partial charge in [0.25, 0.3) is 0 Å². The first-order valence-electron chi connectivity index (χ1n) is 23.0. The van der Waals surface area contributed by atoms with Gasteiger partial charge in [0.1, 0.15) is 13.6 Å². The number of hydrogen-bond acceptors (Lipinski definition) is 3. The maximum absolute atomic E-state index is 5.76. The molecule has 0 aliphatic heterocycles. The summed E-state index contributed by atoms with van der Waals surface area (Å²) in [5, 5.41) is 2.29. The first-order chi connectivity index (χ1) is 25.1. The maximum Gasteiger partial charge on any atom is 0.149 e. The van der Waals surface area contributed by atoms with Gasteiger partial charge >= 0.3 is 0 Å². The zero-order chi connectivity index (χ0) is 40.0. The molecular formula is C48H96Br2O3. The molecule has 0 amide bonds. The number of alkyl halides is 2. The summed E-state index contributed by atoms with van der Waals surface area (Å²) in [4.78, 5) is 0. The highest BCUT2D eigenvalue weighted by Gasteiger charge is 2.19. The molecule has 5 heteroatoms. The molecule has 0 aliphatic carbocycles. The van der Waals surface area contributed by atoms with E-state index < -0.39 is 0 Å². The van der Waals surface area contributed by atoms with Gasteiger partial charge in [0.2, 0.25) is 0 Å². The van der Waals surface area contributed by atoms with Crippen molar-refractivity contribution in [3.63, 3.8) is 0 Å². The summed E-state index contributed by atoms with van der Waals surface area (Å²) < 4.78 is 17.1. The van der Waals surface area contributed by atoms with Crippen LogP contribution < -0.4 is 0 Å². The Balaban J connectivity index is 3.84. The predicted molar refractivity (Wildman–Crippen MR) is 243 cm³/mol. The van der Waals surface area contributed by atoms with Gasteiger partial charge in [0, 0.05) is 23.9 Å². The van der Waals surface area contributed by atoms with Gasteiger partial charge < -0.3 is 14.2 Å². The molecule has 0 aromatic carbocycles. The summed E-state index contributed by atoms with van der Waals surface area (Å²) in [6, 6.07) is 0. The van der Waals surface area contributed by atoms with E-state index in [0.717, 1.165) is 108 Å². The van der Waals surface area contributed by atoms with Crippen LogP contribution in [-0.2, 0) is 14.2 Å². The fraction of sp³-hybridized carbons (Fsp3) is 1.00. The van der Waals surface area contributed by atoms with Gasteiger partial charge in [0.15, 0.2) is 0 Å². The van der Waals surface area contributed by atoms with Crippen molar-refractivity contribution >= 4 is 31.9 Å². The highest BCUT2D eigenvalue weighted by molar-refractivity contribution is 9.09. The van der Waals surface area contributed by atoms with E-state index in [1.807, 2.05) is 0 Å². The Hall–Kier alpha value is 0.840. The molecule has 0 N–H and O–H groups in total. The van der Waals surface area contributed by atoms with Crippen molar-refractivity contribution in [2.45, 2.75) is 199 Å². The number of hydrogen-bond donors (Lipinski definition) is 0. The molecule has 0 heterocycles. The van der Waals surface area contributed by atoms with Gasteiger partial charge in [-0.3, -0.25) is 0 Å². The fourth-order valence-corrected chi connectivity index (χ4v) is 10.9. The van der Waals surface area contributed by atoms with E-state index in [4.69, 9.17) is 14.2 Å². The lowest BCUT2D eigenvalue weighted by molar-refractivity contribution is -0.132. The van der Waals surface area contributed by atoms with Crippen molar-refractivity contribution in [1.29, 1.82) is 0 Å². The molecule has 12 atom stereocenters. The third kappa shape index (κ3) is 34.6. The van der Waals surface area contributed by atoms with Crippen LogP contribution in [-0.4, -0.2) is 37.5 Å². The Labute approximate surface area is 351 Å². The second kappa shape index (κ2) is 34.8. The molecule has 0 fully saturated rings. The molecule has 0 rings (SSSR count). The Morgan fingerprint density at radius 2 is 0.491 bits per heavy atom. The van der Waals surface area contributed by atoms with E-state index in [9.17, 15) is 0 Å². The Morgan fingerprint density at radius 3 is 0.717 bits per heavy atom. The fourth-order valence-electron chi connectivity index (χ4n) is 10.3. The van der Waals surface area contributed by atoms with E-state index in [-0.39, 0.29) is 0 Å². The molecule has 0 saturated carbocycles. The monoisotopic (exact) mass is 879 g/mol. The molecule has 3 nitrogen and oxygen atoms in total. The normalized spacial score (nSPS) is 19.1. The van der Waals surface area contributed by atoms with Gasteiger partial charge in [-0.1, -0.05) is 115 Å². The van der Waals surface area contributed by atoms with Crippen molar-refractivity contribution in [3.8, 4) is 0 Å². The third-order valence-electron chi connectivity index (χ3n) is 12.0. The summed E-state index contributed by atoms with van der Waals surface area (Å²) in [5.41, 5.74) is 0. The van der Waals surface area contributed by atoms with Gasteiger partial charge in [0.05, 0.1) is 0 Å². The smallest absolute Gasteiger partial charge is 0.149 e. The zero-order valence-electron chi connectivity index (χ0n) is 37.9. The average molecular weight is 881 g/mol. The first kappa shape index (κ1) is 53.8. The number of rotatable bonds is 38. The molecule has 53 heavy (non-hydrogen) atoms. The zero-order valence-corrected chi connectivity index (χ0v) is 41.1. The summed E-state index contributed by atoms with van der Waals surface area (Å²) >= 11 is 7.17. The topological polar surface area (TPSA) is 27.7 Å². The average Bonchev–Trinajstić information content (AvgIpc) is 3.04. The lowest BCUT2D eigenvalue weighted by atomic mass is 9.81. The summed E-state index contributed by atoms with van der Waals surface area (Å²) in [7, 11) is 0. The lowest BCUT2D eigenvalue weighted by Crippen LogP contribution is -2.13. The van der Waals surface area contributed by atoms with Crippen molar-refractivity contribution in [1.82, 2.24) is 0 Å². The van der Waals surface area contributed by atoms with Crippen molar-refractivity contribution in [2.75, 3.05) is 37.5 Å². The Bertz CT molecular complexity index is 720. The van der Waals surface area contributed by atoms with Crippen LogP contribution in [0.15, 0.2) is 0 Å². The standard InChI is InChI=1S/C48H96Br2O3/c1-37(17-13-21-49)25-41(5)29-45(9)33-47(11)31-43(7)27-39(3)19-15-23-51-35-53-36-52-24-16-20-40(4)28-44(8)32-48(12)34-46(10)30-42(6)26-38(2)18-14-22-50/h37-48H,13-36H2,1-12H3. The summed E-state index contributed by atoms with van der Waals surface area (Å²) in [6.45, 7) is 31.8. The second-order valence-corrected chi connectivity index (χ2v) is 21.4. The highest BCUT2D eigenvalue weighted by Crippen LogP contribution is 2.31. The van der Waals surface area contributed by atoms with Crippen molar-refractivity contribution in [3.05, 3.63) is 0 Å². The molecule has 320 valence electrons. The predicted octanol–water partition coefficient (Wildman–Crippen LogP) is 16.4. The van der Waals surface area contributed by atoms with E-state index >= 15 is 0 Å². The van der Waals surface area contributed by atoms with E-state index in [0.29, 0.717) is 13.6 Å². The Morgan fingerprint density at radius 1 is 0.283 bits per heavy atom. The largest absolute Gasteiger partial charge is 0.355 e. The van der Waals surface area contributed by atoms with Crippen LogP contribution in [0.2, 0.25) is 0 Å². The minimum absolute atomic E-state index is 0.342. The molecule has 0 radical (unpaired) electrons. The lowest BCUT2D eigenvalue weighted by Gasteiger charge is -2.25. The minimum atomic E-state index is 0.342. The van der Waals surface area contributed by atoms with Gasteiger partial charge in [-0.05, 0) is 187 Å². The number of halogens is 2. The highest BCUT2D eigenvalue weighted by atomic mass is 79.9. The molecule has 12 unspecified atom stereocenters. The second-order valence-electron chi connectivity index (χ2n) is 19.8. The molecule has 0 saturated heterocycles. The van der Waals surface area contributed by atoms with Gasteiger partial charge in [-0.2, -0.15) is 0 Å². The minimum Gasteiger partial charge on any atom is -0.355 e. The Kier molecular flexibility index (Phi) is 35.4. The van der Waals surface area contributed by atoms with Crippen LogP contribution in [0, 0.1) is 71.0 Å². The van der Waals surface area contributed by atoms with E-state index in [2.05, 4.69) is 115 Å². The van der Waals surface area contributed by atoms with Crippen LogP contribution in [0.1, 0.15) is 199 Å².